The zero-order chi connectivity index (χ0) is 49.6. The van der Waals surface area contributed by atoms with Gasteiger partial charge in [0.15, 0.2) is 0 Å². The van der Waals surface area contributed by atoms with Crippen LogP contribution in [0.3, 0.4) is 0 Å². The molecule has 0 unspecified atom stereocenters. The average molecular weight is 1070 g/mol. The summed E-state index contributed by atoms with van der Waals surface area (Å²) in [6.45, 7) is 1.88. The van der Waals surface area contributed by atoms with Crippen LogP contribution < -0.4 is 4.74 Å². The molecule has 0 spiro atoms. The van der Waals surface area contributed by atoms with Gasteiger partial charge in [0.1, 0.15) is 0 Å². The van der Waals surface area contributed by atoms with Crippen molar-refractivity contribution in [1.29, 1.82) is 0 Å². The number of hydrogen-bond acceptors (Lipinski definition) is 2. The number of aryl methyl sites for hydroxylation is 1. The van der Waals surface area contributed by atoms with Crippen LogP contribution in [-0.4, -0.2) is 18.7 Å². The molecule has 0 amide bonds. The number of imidazole rings is 1. The number of para-hydroxylation sites is 3. The van der Waals surface area contributed by atoms with E-state index in [1.54, 1.807) is 11.8 Å². The molecule has 3 heterocycles. The van der Waals surface area contributed by atoms with Crippen LogP contribution in [0.4, 0.5) is 0 Å². The van der Waals surface area contributed by atoms with E-state index in [1.165, 1.54) is 64.8 Å². The molecule has 0 fully saturated rings. The van der Waals surface area contributed by atoms with Gasteiger partial charge in [-0.25, -0.2) is 0 Å². The van der Waals surface area contributed by atoms with Gasteiger partial charge in [-0.1, -0.05) is 42.3 Å². The van der Waals surface area contributed by atoms with E-state index in [0.717, 1.165) is 60.7 Å². The second kappa shape index (κ2) is 16.8. The van der Waals surface area contributed by atoms with Gasteiger partial charge in [0, 0.05) is 11.8 Å². The number of pyridine rings is 1. The predicted octanol–water partition coefficient (Wildman–Crippen LogP) is 15.9. The van der Waals surface area contributed by atoms with Crippen molar-refractivity contribution in [1.82, 2.24) is 18.7 Å². The third-order valence-electron chi connectivity index (χ3n) is 14.2. The van der Waals surface area contributed by atoms with Crippen LogP contribution in [0.25, 0.3) is 83.4 Å². The Labute approximate surface area is 414 Å². The van der Waals surface area contributed by atoms with Gasteiger partial charge in [0.05, 0.1) is 6.85 Å². The van der Waals surface area contributed by atoms with Gasteiger partial charge in [0.25, 0.3) is 0 Å². The zero-order valence-corrected chi connectivity index (χ0v) is 39.7. The number of aromatic nitrogens is 4. The van der Waals surface area contributed by atoms with Gasteiger partial charge < -0.3 is 0 Å². The monoisotopic (exact) mass is 1060 g/mol. The van der Waals surface area contributed by atoms with Gasteiger partial charge in [0.2, 0.25) is 0 Å². The first kappa shape index (κ1) is 35.8. The van der Waals surface area contributed by atoms with Crippen molar-refractivity contribution in [3.05, 3.63) is 220 Å². The quantitative estimate of drug-likeness (QED) is 0.152. The van der Waals surface area contributed by atoms with Crippen LogP contribution >= 0.6 is 0 Å². The first-order valence-electron chi connectivity index (χ1n) is 26.0. The van der Waals surface area contributed by atoms with Crippen molar-refractivity contribution in [3.63, 3.8) is 0 Å². The molecule has 0 aliphatic heterocycles. The third-order valence-corrected chi connectivity index (χ3v) is 15.2. The Balaban J connectivity index is 0.947. The molecule has 8 aromatic carbocycles. The predicted molar refractivity (Wildman–Crippen MR) is 274 cm³/mol. The molecule has 2 aliphatic rings. The van der Waals surface area contributed by atoms with Crippen molar-refractivity contribution in [2.45, 2.75) is 51.4 Å². The van der Waals surface area contributed by atoms with Gasteiger partial charge in [-0.3, -0.25) is 0 Å². The molecule has 0 saturated carbocycles. The minimum atomic E-state index is -0.421. The molecule has 6 heteroatoms. The first-order valence-corrected chi connectivity index (χ1v) is 24.7. The fourth-order valence-corrected chi connectivity index (χ4v) is 12.5. The summed E-state index contributed by atoms with van der Waals surface area (Å²) in [4.78, 5) is 4.90. The number of nitrogens with zero attached hydrogens (tertiary/aromatic N) is 4. The summed E-state index contributed by atoms with van der Waals surface area (Å²) in [7, 11) is 0. The number of ether oxygens (including phenoxy) is 1. The molecule has 0 N–H and O–H groups in total. The summed E-state index contributed by atoms with van der Waals surface area (Å²) in [6.07, 6.45) is 8.66. The zero-order valence-electron chi connectivity index (χ0n) is 42.4. The van der Waals surface area contributed by atoms with Crippen LogP contribution in [0.15, 0.2) is 194 Å². The Bertz CT molecular complexity index is 4020. The fourth-order valence-electron chi connectivity index (χ4n) is 11.4. The molecule has 2 aliphatic carbocycles. The topological polar surface area (TPSA) is 36.9 Å². The molecular formula is C62H48N4OPt. The van der Waals surface area contributed by atoms with Gasteiger partial charge in [-0.15, -0.1) is 0 Å². The van der Waals surface area contributed by atoms with Crippen LogP contribution in [0.2, 0.25) is 0 Å². The smallest absolute Gasteiger partial charge is 0.0616 e. The molecule has 3 aromatic heterocycles. The van der Waals surface area contributed by atoms with Crippen molar-refractivity contribution < 1.29 is 30.9 Å². The molecule has 68 heavy (non-hydrogen) atoms. The molecule has 0 bridgehead atoms. The fraction of sp³-hybridized carbons (Fsp3) is 0.129. The van der Waals surface area contributed by atoms with E-state index < -0.39 is 6.04 Å². The number of rotatable bonds is 8. The van der Waals surface area contributed by atoms with E-state index >= 15 is 0 Å². The summed E-state index contributed by atoms with van der Waals surface area (Å²) >= 11 is 2.56. The second-order valence-corrected chi connectivity index (χ2v) is 19.1. The van der Waals surface area contributed by atoms with E-state index in [2.05, 4.69) is 160 Å². The molecular weight excluding hydrogens is 1010 g/mol. The number of benzene rings is 8. The molecule has 332 valence electrons. The second-order valence-electron chi connectivity index (χ2n) is 18.1. The molecule has 0 atom stereocenters. The van der Waals surface area contributed by atoms with E-state index in [1.807, 2.05) is 37.3 Å². The Kier molecular flexibility index (Phi) is 8.83. The van der Waals surface area contributed by atoms with Gasteiger partial charge in [-0.2, -0.15) is 0 Å². The molecule has 0 radical (unpaired) electrons. The molecule has 11 aromatic rings. The standard InChI is InChI=1S/C62H48N4O.Pt/c1-41-36-58(63-39-53(41)42-18-5-2-6-19-42)66-54-31-12-11-28-49(54)50-35-34-48(38-57(50)66)67-47-27-17-26-46(37-47)64-40-65(56-33-14-13-32-55(56)64)62-60(44-20-7-3-8-21-44)51-29-15-24-43-25-16-30-52(59(43)51)61(62)45-22-9-4-10-23-45;/h2-14,17-23,26-28,31-39,43H,15-16,24-25,29-30H2,1H3;/i2D,5D,6D,18D,19D;. The van der Waals surface area contributed by atoms with E-state index in [9.17, 15) is 0 Å². The molecule has 13 rings (SSSR count). The van der Waals surface area contributed by atoms with Gasteiger partial charge in [-0.05, 0) is 18.1 Å². The van der Waals surface area contributed by atoms with E-state index in [0.29, 0.717) is 28.8 Å². The number of fused-ring (bicyclic) bond motifs is 4. The average Bonchev–Trinajstić information content (AvgIpc) is 3.91. The minimum Gasteiger partial charge on any atom is -0.0616 e. The molecule has 5 nitrogen and oxygen atoms in total. The summed E-state index contributed by atoms with van der Waals surface area (Å²) in [6, 6.07) is 53.9. The Morgan fingerprint density at radius 3 is 1.88 bits per heavy atom. The SMILES string of the molecule is [2H]c1c([2H])c([2H])c(-c2cnc(-n3c4ccccc4c4ccc(Oc5cccc(-n6[c](=[Pt])n(-c7c(-c8ccccc8)c8c9c(c7-c7ccccc7)CCCC9CCC8)c7ccccc76)c5)cc43)cc2C)c([2H])c1[2H]. The third kappa shape index (κ3) is 6.70. The van der Waals surface area contributed by atoms with Gasteiger partial charge >= 0.3 is 337 Å². The summed E-state index contributed by atoms with van der Waals surface area (Å²) in [5.74, 6) is 2.57. The van der Waals surface area contributed by atoms with E-state index in [4.69, 9.17) is 16.6 Å². The Morgan fingerprint density at radius 1 is 0.574 bits per heavy atom. The molecule has 0 saturated heterocycles. The van der Waals surface area contributed by atoms with Crippen LogP contribution in [0, 0.1) is 10.7 Å². The van der Waals surface area contributed by atoms with Crippen molar-refractivity contribution >= 4 is 32.8 Å². The first-order chi connectivity index (χ1) is 35.7. The van der Waals surface area contributed by atoms with Crippen LogP contribution in [0.5, 0.6) is 11.5 Å². The Morgan fingerprint density at radius 2 is 1.19 bits per heavy atom. The van der Waals surface area contributed by atoms with Crippen LogP contribution in [0.1, 0.15) is 60.7 Å². The number of hydrogen-bond donors (Lipinski definition) is 0. The minimum absolute atomic E-state index is 0.134. The van der Waals surface area contributed by atoms with E-state index in [-0.39, 0.29) is 29.7 Å². The maximum absolute atomic E-state index is 8.64. The normalized spacial score (nSPS) is 14.7. The van der Waals surface area contributed by atoms with Crippen molar-refractivity contribution in [3.8, 4) is 62.1 Å². The van der Waals surface area contributed by atoms with Crippen molar-refractivity contribution in [2.75, 3.05) is 0 Å². The summed E-state index contributed by atoms with van der Waals surface area (Å²) < 4.78 is 56.9. The van der Waals surface area contributed by atoms with Crippen molar-refractivity contribution in [2.24, 2.45) is 0 Å². The maximum atomic E-state index is 8.64. The summed E-state index contributed by atoms with van der Waals surface area (Å²) in [5, 5.41) is 2.08. The Hall–Kier alpha value is -7.33. The summed E-state index contributed by atoms with van der Waals surface area (Å²) in [5.41, 5.74) is 17.5. The van der Waals surface area contributed by atoms with Crippen LogP contribution in [-0.2, 0) is 32.2 Å².